The van der Waals surface area contributed by atoms with Crippen LogP contribution in [-0.4, -0.2) is 18.8 Å². The van der Waals surface area contributed by atoms with Crippen LogP contribution in [0.25, 0.3) is 0 Å². The lowest BCUT2D eigenvalue weighted by Gasteiger charge is -2.04. The predicted octanol–water partition coefficient (Wildman–Crippen LogP) is 3.96. The van der Waals surface area contributed by atoms with Crippen molar-refractivity contribution >= 4 is 23.4 Å². The van der Waals surface area contributed by atoms with E-state index in [2.05, 4.69) is 18.3 Å². The zero-order chi connectivity index (χ0) is 11.6. The Morgan fingerprint density at radius 3 is 2.81 bits per heavy atom. The molecule has 0 unspecified atom stereocenters. The number of nitrogens with one attached hydrogen (secondary N) is 1. The van der Waals surface area contributed by atoms with Crippen molar-refractivity contribution in [2.75, 3.05) is 18.8 Å². The van der Waals surface area contributed by atoms with Crippen LogP contribution in [0.4, 0.5) is 0 Å². The van der Waals surface area contributed by atoms with Gasteiger partial charge < -0.3 is 5.32 Å². The maximum atomic E-state index is 6.08. The second-order valence-corrected chi connectivity index (χ2v) is 5.22. The van der Waals surface area contributed by atoms with Crippen LogP contribution in [0, 0.1) is 0 Å². The monoisotopic (exact) mass is 257 g/mol. The first-order valence-electron chi connectivity index (χ1n) is 5.86. The summed E-state index contributed by atoms with van der Waals surface area (Å²) >= 11 is 8.05. The van der Waals surface area contributed by atoms with Crippen molar-refractivity contribution in [1.82, 2.24) is 5.32 Å². The number of halogens is 1. The van der Waals surface area contributed by atoms with Gasteiger partial charge in [0.2, 0.25) is 0 Å². The molecule has 1 N–H and O–H groups in total. The molecule has 0 spiro atoms. The van der Waals surface area contributed by atoms with Crippen LogP contribution < -0.4 is 5.32 Å². The van der Waals surface area contributed by atoms with E-state index in [4.69, 9.17) is 11.6 Å². The maximum absolute atomic E-state index is 6.08. The number of thioether (sulfide) groups is 1. The van der Waals surface area contributed by atoms with Gasteiger partial charge in [0.15, 0.2) is 0 Å². The van der Waals surface area contributed by atoms with Crippen molar-refractivity contribution in [2.24, 2.45) is 0 Å². The van der Waals surface area contributed by atoms with Crippen LogP contribution >= 0.6 is 23.4 Å². The van der Waals surface area contributed by atoms with Crippen LogP contribution in [0.3, 0.4) is 0 Å². The Hall–Kier alpha value is -0.180. The Balaban J connectivity index is 2.05. The average Bonchev–Trinajstić information content (AvgIpc) is 2.30. The molecule has 0 aliphatic rings. The van der Waals surface area contributed by atoms with E-state index in [-0.39, 0.29) is 0 Å². The predicted molar refractivity (Wildman–Crippen MR) is 75.4 cm³/mol. The highest BCUT2D eigenvalue weighted by atomic mass is 35.5. The quantitative estimate of drug-likeness (QED) is 0.708. The van der Waals surface area contributed by atoms with Gasteiger partial charge in [0, 0.05) is 10.8 Å². The molecule has 0 heterocycles. The highest BCUT2D eigenvalue weighted by Crippen LogP contribution is 2.21. The molecule has 1 rings (SSSR count). The zero-order valence-electron chi connectivity index (χ0n) is 9.84. The van der Waals surface area contributed by atoms with E-state index >= 15 is 0 Å². The first-order valence-corrected chi connectivity index (χ1v) is 7.39. The van der Waals surface area contributed by atoms with E-state index in [0.717, 1.165) is 23.9 Å². The van der Waals surface area contributed by atoms with Crippen molar-refractivity contribution in [2.45, 2.75) is 25.5 Å². The number of hydrogen-bond acceptors (Lipinski definition) is 2. The molecule has 1 aromatic rings. The molecule has 3 heteroatoms. The minimum Gasteiger partial charge on any atom is -0.317 e. The summed E-state index contributed by atoms with van der Waals surface area (Å²) in [5, 5.41) is 4.23. The minimum atomic E-state index is 0.891. The van der Waals surface area contributed by atoms with Gasteiger partial charge in [0.1, 0.15) is 0 Å². The Morgan fingerprint density at radius 1 is 1.25 bits per heavy atom. The van der Waals surface area contributed by atoms with Gasteiger partial charge in [-0.1, -0.05) is 36.7 Å². The lowest BCUT2D eigenvalue weighted by Crippen LogP contribution is -2.13. The molecule has 0 bridgehead atoms. The fourth-order valence-corrected chi connectivity index (χ4v) is 2.73. The van der Waals surface area contributed by atoms with E-state index in [1.165, 1.54) is 24.2 Å². The summed E-state index contributed by atoms with van der Waals surface area (Å²) in [5.74, 6) is 2.25. The Kier molecular flexibility index (Phi) is 7.73. The average molecular weight is 258 g/mol. The zero-order valence-corrected chi connectivity index (χ0v) is 11.4. The molecule has 0 saturated heterocycles. The molecule has 90 valence electrons. The smallest absolute Gasteiger partial charge is 0.0446 e. The van der Waals surface area contributed by atoms with Crippen molar-refractivity contribution < 1.29 is 0 Å². The Labute approximate surface area is 108 Å². The van der Waals surface area contributed by atoms with E-state index in [9.17, 15) is 0 Å². The molecule has 0 saturated carbocycles. The van der Waals surface area contributed by atoms with Gasteiger partial charge in [-0.25, -0.2) is 0 Å². The fraction of sp³-hybridized carbons (Fsp3) is 0.538. The van der Waals surface area contributed by atoms with E-state index in [1.54, 1.807) is 0 Å². The van der Waals surface area contributed by atoms with Crippen LogP contribution in [0.5, 0.6) is 0 Å². The fourth-order valence-electron chi connectivity index (χ4n) is 1.43. The van der Waals surface area contributed by atoms with Gasteiger partial charge in [0.05, 0.1) is 0 Å². The summed E-state index contributed by atoms with van der Waals surface area (Å²) in [7, 11) is 0. The molecule has 1 nitrogen and oxygen atoms in total. The summed E-state index contributed by atoms with van der Waals surface area (Å²) in [5.41, 5.74) is 1.25. The molecule has 0 fully saturated rings. The van der Waals surface area contributed by atoms with Gasteiger partial charge in [0.25, 0.3) is 0 Å². The van der Waals surface area contributed by atoms with Crippen molar-refractivity contribution in [3.8, 4) is 0 Å². The van der Waals surface area contributed by atoms with E-state index in [1.807, 2.05) is 30.0 Å². The van der Waals surface area contributed by atoms with E-state index in [0.29, 0.717) is 0 Å². The molecule has 0 atom stereocenters. The molecular weight excluding hydrogens is 238 g/mol. The van der Waals surface area contributed by atoms with Crippen LogP contribution in [-0.2, 0) is 5.75 Å². The molecular formula is C13H20ClNS. The third kappa shape index (κ3) is 5.78. The second kappa shape index (κ2) is 8.91. The second-order valence-electron chi connectivity index (χ2n) is 3.70. The van der Waals surface area contributed by atoms with Gasteiger partial charge in [-0.2, -0.15) is 11.8 Å². The van der Waals surface area contributed by atoms with Crippen LogP contribution in [0.2, 0.25) is 5.02 Å². The van der Waals surface area contributed by atoms with Crippen LogP contribution in [0.15, 0.2) is 24.3 Å². The third-order valence-electron chi connectivity index (χ3n) is 2.36. The topological polar surface area (TPSA) is 12.0 Å². The largest absolute Gasteiger partial charge is 0.317 e. The van der Waals surface area contributed by atoms with Crippen molar-refractivity contribution in [1.29, 1.82) is 0 Å². The molecule has 0 aromatic heterocycles. The number of benzene rings is 1. The number of rotatable bonds is 8. The Morgan fingerprint density at radius 2 is 2.06 bits per heavy atom. The summed E-state index contributed by atoms with van der Waals surface area (Å²) in [4.78, 5) is 0. The summed E-state index contributed by atoms with van der Waals surface area (Å²) in [6.07, 6.45) is 2.55. The highest BCUT2D eigenvalue weighted by Gasteiger charge is 1.98. The first kappa shape index (κ1) is 13.9. The van der Waals surface area contributed by atoms with E-state index < -0.39 is 0 Å². The van der Waals surface area contributed by atoms with Crippen LogP contribution in [0.1, 0.15) is 25.3 Å². The highest BCUT2D eigenvalue weighted by molar-refractivity contribution is 7.98. The maximum Gasteiger partial charge on any atom is 0.0446 e. The Bertz CT molecular complexity index is 291. The summed E-state index contributed by atoms with van der Waals surface area (Å²) in [6.45, 7) is 4.36. The molecule has 0 amide bonds. The van der Waals surface area contributed by atoms with Gasteiger partial charge in [-0.05, 0) is 43.3 Å². The van der Waals surface area contributed by atoms with Gasteiger partial charge in [-0.15, -0.1) is 0 Å². The number of unbranched alkanes of at least 4 members (excludes halogenated alkanes) is 1. The van der Waals surface area contributed by atoms with Crippen molar-refractivity contribution in [3.63, 3.8) is 0 Å². The standard InChI is InChI=1S/C13H20ClNS/c1-2-15-9-5-6-10-16-11-12-7-3-4-8-13(12)14/h3-4,7-8,15H,2,5-6,9-11H2,1H3. The summed E-state index contributed by atoms with van der Waals surface area (Å²) < 4.78 is 0. The van der Waals surface area contributed by atoms with Gasteiger partial charge in [-0.3, -0.25) is 0 Å². The SMILES string of the molecule is CCNCCCCSCc1ccccc1Cl. The summed E-state index contributed by atoms with van der Waals surface area (Å²) in [6, 6.07) is 8.09. The molecule has 16 heavy (non-hydrogen) atoms. The minimum absolute atomic E-state index is 0.891. The van der Waals surface area contributed by atoms with Gasteiger partial charge >= 0.3 is 0 Å². The molecule has 1 aromatic carbocycles. The third-order valence-corrected chi connectivity index (χ3v) is 3.82. The normalized spacial score (nSPS) is 10.6. The molecule has 0 aliphatic carbocycles. The number of hydrogen-bond donors (Lipinski definition) is 1. The molecule has 0 radical (unpaired) electrons. The molecule has 0 aliphatic heterocycles. The van der Waals surface area contributed by atoms with Crippen molar-refractivity contribution in [3.05, 3.63) is 34.9 Å². The first-order chi connectivity index (χ1) is 7.84. The lowest BCUT2D eigenvalue weighted by atomic mass is 10.2. The lowest BCUT2D eigenvalue weighted by molar-refractivity contribution is 0.666.